The van der Waals surface area contributed by atoms with Gasteiger partial charge in [0.1, 0.15) is 12.4 Å². The van der Waals surface area contributed by atoms with Crippen molar-refractivity contribution in [3.8, 4) is 22.9 Å². The molecule has 0 fully saturated rings. The van der Waals surface area contributed by atoms with Crippen LogP contribution in [0.2, 0.25) is 5.02 Å². The molecule has 0 saturated heterocycles. The molecule has 7 heteroatoms. The van der Waals surface area contributed by atoms with Crippen molar-refractivity contribution < 1.29 is 14.3 Å². The number of rotatable bonds is 8. The third kappa shape index (κ3) is 5.96. The normalized spacial score (nSPS) is 10.4. The number of hydrogen-bond donors (Lipinski definition) is 1. The van der Waals surface area contributed by atoms with Gasteiger partial charge in [-0.05, 0) is 31.2 Å². The minimum atomic E-state index is -0.246. The fraction of sp³-hybridized carbons (Fsp3) is 0.190. The van der Waals surface area contributed by atoms with Crippen molar-refractivity contribution in [1.82, 2.24) is 15.5 Å². The summed E-state index contributed by atoms with van der Waals surface area (Å²) >= 11 is 5.86. The monoisotopic (exact) mass is 397 g/mol. The van der Waals surface area contributed by atoms with Crippen molar-refractivity contribution in [1.29, 1.82) is 0 Å². The molecule has 1 N–H and O–H groups in total. The molecule has 0 bridgehead atoms. The molecule has 144 valence electrons. The van der Waals surface area contributed by atoms with Gasteiger partial charge >= 0.3 is 0 Å². The average Bonchev–Trinajstić information content (AvgIpc) is 2.71. The summed E-state index contributed by atoms with van der Waals surface area (Å²) in [6, 6.07) is 18.5. The first kappa shape index (κ1) is 19.6. The SMILES string of the molecule is Cc1ccc(-c2ccc(OCCNC(=O)COc3cccc(Cl)c3)nn2)cc1. The van der Waals surface area contributed by atoms with Gasteiger partial charge < -0.3 is 14.8 Å². The number of hydrogen-bond acceptors (Lipinski definition) is 5. The molecular formula is C21H20ClN3O3. The van der Waals surface area contributed by atoms with Crippen LogP contribution >= 0.6 is 11.6 Å². The Labute approximate surface area is 168 Å². The van der Waals surface area contributed by atoms with Gasteiger partial charge in [0, 0.05) is 16.7 Å². The van der Waals surface area contributed by atoms with E-state index in [1.165, 1.54) is 5.56 Å². The Morgan fingerprint density at radius 1 is 1.04 bits per heavy atom. The molecule has 0 spiro atoms. The summed E-state index contributed by atoms with van der Waals surface area (Å²) in [5, 5.41) is 11.5. The molecule has 0 aliphatic carbocycles. The fourth-order valence-corrected chi connectivity index (χ4v) is 2.56. The maximum Gasteiger partial charge on any atom is 0.258 e. The number of benzene rings is 2. The quantitative estimate of drug-likeness (QED) is 0.587. The predicted octanol–water partition coefficient (Wildman–Crippen LogP) is 3.68. The molecule has 1 heterocycles. The number of nitrogens with one attached hydrogen (secondary N) is 1. The van der Waals surface area contributed by atoms with E-state index in [2.05, 4.69) is 15.5 Å². The summed E-state index contributed by atoms with van der Waals surface area (Å²) < 4.78 is 10.9. The molecule has 0 unspecified atom stereocenters. The maximum atomic E-state index is 11.8. The predicted molar refractivity (Wildman–Crippen MR) is 108 cm³/mol. The lowest BCUT2D eigenvalue weighted by atomic mass is 10.1. The van der Waals surface area contributed by atoms with Gasteiger partial charge in [0.2, 0.25) is 5.88 Å². The van der Waals surface area contributed by atoms with Crippen LogP contribution in [0.3, 0.4) is 0 Å². The molecule has 0 saturated carbocycles. The summed E-state index contributed by atoms with van der Waals surface area (Å²) in [5.74, 6) is 0.701. The molecule has 2 aromatic carbocycles. The fourth-order valence-electron chi connectivity index (χ4n) is 2.38. The number of halogens is 1. The number of aryl methyl sites for hydroxylation is 1. The molecule has 1 aromatic heterocycles. The van der Waals surface area contributed by atoms with Crippen molar-refractivity contribution in [3.63, 3.8) is 0 Å². The van der Waals surface area contributed by atoms with Crippen LogP contribution in [0.1, 0.15) is 5.56 Å². The molecule has 0 atom stereocenters. The lowest BCUT2D eigenvalue weighted by Crippen LogP contribution is -2.32. The van der Waals surface area contributed by atoms with Gasteiger partial charge in [-0.3, -0.25) is 4.79 Å². The lowest BCUT2D eigenvalue weighted by molar-refractivity contribution is -0.123. The number of carbonyl (C=O) groups excluding carboxylic acids is 1. The van der Waals surface area contributed by atoms with Crippen LogP contribution in [-0.2, 0) is 4.79 Å². The number of aromatic nitrogens is 2. The van der Waals surface area contributed by atoms with Gasteiger partial charge in [-0.25, -0.2) is 0 Å². The van der Waals surface area contributed by atoms with E-state index in [9.17, 15) is 4.79 Å². The maximum absolute atomic E-state index is 11.8. The Morgan fingerprint density at radius 3 is 2.57 bits per heavy atom. The first-order chi connectivity index (χ1) is 13.6. The topological polar surface area (TPSA) is 73.3 Å². The van der Waals surface area contributed by atoms with Crippen LogP contribution in [0.5, 0.6) is 11.6 Å². The van der Waals surface area contributed by atoms with Gasteiger partial charge in [-0.15, -0.1) is 10.2 Å². The van der Waals surface area contributed by atoms with Crippen LogP contribution in [0.4, 0.5) is 0 Å². The van der Waals surface area contributed by atoms with E-state index in [0.29, 0.717) is 23.2 Å². The van der Waals surface area contributed by atoms with Crippen LogP contribution in [0, 0.1) is 6.92 Å². The highest BCUT2D eigenvalue weighted by Gasteiger charge is 2.04. The van der Waals surface area contributed by atoms with Crippen molar-refractivity contribution in [2.24, 2.45) is 0 Å². The highest BCUT2D eigenvalue weighted by molar-refractivity contribution is 6.30. The summed E-state index contributed by atoms with van der Waals surface area (Å²) in [6.45, 7) is 2.56. The van der Waals surface area contributed by atoms with E-state index in [-0.39, 0.29) is 19.1 Å². The van der Waals surface area contributed by atoms with E-state index >= 15 is 0 Å². The third-order valence-corrected chi connectivity index (χ3v) is 4.06. The van der Waals surface area contributed by atoms with Gasteiger partial charge in [-0.1, -0.05) is 47.5 Å². The second kappa shape index (κ2) is 9.71. The van der Waals surface area contributed by atoms with Crippen LogP contribution in [-0.4, -0.2) is 35.9 Å². The number of nitrogens with zero attached hydrogens (tertiary/aromatic N) is 2. The lowest BCUT2D eigenvalue weighted by Gasteiger charge is -2.09. The van der Waals surface area contributed by atoms with Crippen LogP contribution < -0.4 is 14.8 Å². The smallest absolute Gasteiger partial charge is 0.258 e. The Morgan fingerprint density at radius 2 is 1.86 bits per heavy atom. The standard InChI is InChI=1S/C21H20ClN3O3/c1-15-5-7-16(8-6-15)19-9-10-21(25-24-19)27-12-11-23-20(26)14-28-18-4-2-3-17(22)13-18/h2-10,13H,11-12,14H2,1H3,(H,23,26). The highest BCUT2D eigenvalue weighted by atomic mass is 35.5. The zero-order valence-corrected chi connectivity index (χ0v) is 16.1. The molecule has 6 nitrogen and oxygen atoms in total. The third-order valence-electron chi connectivity index (χ3n) is 3.83. The van der Waals surface area contributed by atoms with E-state index in [4.69, 9.17) is 21.1 Å². The zero-order chi connectivity index (χ0) is 19.8. The van der Waals surface area contributed by atoms with Gasteiger partial charge in [-0.2, -0.15) is 0 Å². The summed E-state index contributed by atoms with van der Waals surface area (Å²) in [7, 11) is 0. The number of ether oxygens (including phenoxy) is 2. The highest BCUT2D eigenvalue weighted by Crippen LogP contribution is 2.18. The molecule has 0 aliphatic heterocycles. The summed E-state index contributed by atoms with van der Waals surface area (Å²) in [4.78, 5) is 11.8. The second-order valence-electron chi connectivity index (χ2n) is 6.07. The molecular weight excluding hydrogens is 378 g/mol. The first-order valence-corrected chi connectivity index (χ1v) is 9.16. The summed E-state index contributed by atoms with van der Waals surface area (Å²) in [5.41, 5.74) is 2.96. The molecule has 28 heavy (non-hydrogen) atoms. The van der Waals surface area contributed by atoms with Gasteiger partial charge in [0.05, 0.1) is 12.2 Å². The molecule has 3 rings (SSSR count). The Hall–Kier alpha value is -3.12. The van der Waals surface area contributed by atoms with Crippen molar-refractivity contribution in [3.05, 3.63) is 71.2 Å². The van der Waals surface area contributed by atoms with E-state index in [1.807, 2.05) is 37.3 Å². The number of carbonyl (C=O) groups is 1. The van der Waals surface area contributed by atoms with Crippen LogP contribution in [0.25, 0.3) is 11.3 Å². The zero-order valence-electron chi connectivity index (χ0n) is 15.4. The largest absolute Gasteiger partial charge is 0.484 e. The van der Waals surface area contributed by atoms with Gasteiger partial charge in [0.25, 0.3) is 5.91 Å². The van der Waals surface area contributed by atoms with E-state index < -0.39 is 0 Å². The van der Waals surface area contributed by atoms with E-state index in [1.54, 1.807) is 30.3 Å². The van der Waals surface area contributed by atoms with Crippen LogP contribution in [0.15, 0.2) is 60.7 Å². The van der Waals surface area contributed by atoms with Crippen molar-refractivity contribution >= 4 is 17.5 Å². The van der Waals surface area contributed by atoms with E-state index in [0.717, 1.165) is 11.3 Å². The van der Waals surface area contributed by atoms with Crippen molar-refractivity contribution in [2.45, 2.75) is 6.92 Å². The Bertz CT molecular complexity index is 915. The minimum absolute atomic E-state index is 0.0919. The molecule has 3 aromatic rings. The summed E-state index contributed by atoms with van der Waals surface area (Å²) in [6.07, 6.45) is 0. The molecule has 0 aliphatic rings. The van der Waals surface area contributed by atoms with Gasteiger partial charge in [0.15, 0.2) is 6.61 Å². The molecule has 0 radical (unpaired) electrons. The second-order valence-corrected chi connectivity index (χ2v) is 6.50. The number of amides is 1. The minimum Gasteiger partial charge on any atom is -0.484 e. The Kier molecular flexibility index (Phi) is 6.81. The average molecular weight is 398 g/mol. The molecule has 1 amide bonds. The Balaban J connectivity index is 1.37. The van der Waals surface area contributed by atoms with Crippen molar-refractivity contribution in [2.75, 3.05) is 19.8 Å². The first-order valence-electron chi connectivity index (χ1n) is 8.79.